The molecule has 346 valence electrons. The molecule has 0 aromatic carbocycles. The maximum Gasteiger partial charge on any atom is 0.329 e. The molecule has 5 N–H and O–H groups in total. The summed E-state index contributed by atoms with van der Waals surface area (Å²) in [5, 5.41) is 53.2. The van der Waals surface area contributed by atoms with Gasteiger partial charge in [0.2, 0.25) is 5.79 Å². The van der Waals surface area contributed by atoms with E-state index in [2.05, 4.69) is 6.58 Å². The average molecular weight is 863 g/mol. The van der Waals surface area contributed by atoms with Gasteiger partial charge in [0.1, 0.15) is 24.9 Å². The number of fused-ring (bicyclic) bond motifs is 3. The maximum atomic E-state index is 14.4. The number of allylic oxidation sites excluding steroid dienone is 4. The summed E-state index contributed by atoms with van der Waals surface area (Å²) >= 11 is 0. The van der Waals surface area contributed by atoms with Gasteiger partial charge in [-0.05, 0) is 89.0 Å². The van der Waals surface area contributed by atoms with E-state index >= 15 is 0 Å². The van der Waals surface area contributed by atoms with Gasteiger partial charge in [0.05, 0.1) is 42.9 Å². The van der Waals surface area contributed by atoms with Crippen LogP contribution in [0.5, 0.6) is 0 Å². The number of piperidine rings is 1. The molecule has 3 fully saturated rings. The summed E-state index contributed by atoms with van der Waals surface area (Å²) in [5.74, 6) is -7.26. The first-order valence-corrected chi connectivity index (χ1v) is 22.1. The first-order valence-electron chi connectivity index (χ1n) is 22.1. The topological polar surface area (TPSA) is 215 Å². The molecule has 1 saturated carbocycles. The normalized spacial score (nSPS) is 39.0. The lowest BCUT2D eigenvalue weighted by atomic mass is 9.81. The van der Waals surface area contributed by atoms with Crippen LogP contribution in [0.15, 0.2) is 35.6 Å². The van der Waals surface area contributed by atoms with Crippen molar-refractivity contribution in [2.75, 3.05) is 41.1 Å². The Bertz CT molecular complexity index is 1580. The fourth-order valence-electron chi connectivity index (χ4n) is 9.75. The van der Waals surface area contributed by atoms with E-state index in [1.807, 2.05) is 32.9 Å². The molecule has 0 radical (unpaired) electrons. The van der Waals surface area contributed by atoms with Crippen LogP contribution < -0.4 is 0 Å². The number of cyclic esters (lactones) is 1. The summed E-state index contributed by atoms with van der Waals surface area (Å²) in [6.07, 6.45) is 3.14. The molecule has 0 aromatic rings. The van der Waals surface area contributed by atoms with Crippen molar-refractivity contribution in [1.82, 2.24) is 4.90 Å². The van der Waals surface area contributed by atoms with E-state index in [1.165, 1.54) is 19.1 Å². The first kappa shape index (κ1) is 50.6. The highest BCUT2D eigenvalue weighted by Gasteiger charge is 2.56. The van der Waals surface area contributed by atoms with Gasteiger partial charge in [-0.1, -0.05) is 45.1 Å². The van der Waals surface area contributed by atoms with E-state index in [1.54, 1.807) is 21.0 Å². The Balaban J connectivity index is 1.80. The second kappa shape index (κ2) is 23.1. The van der Waals surface area contributed by atoms with Crippen LogP contribution in [0.4, 0.5) is 0 Å². The number of rotatable bonds is 10. The molecule has 61 heavy (non-hydrogen) atoms. The molecule has 3 heterocycles. The van der Waals surface area contributed by atoms with Gasteiger partial charge in [0.25, 0.3) is 11.7 Å². The highest BCUT2D eigenvalue weighted by atomic mass is 16.7. The minimum atomic E-state index is -2.53. The zero-order chi connectivity index (χ0) is 45.2. The summed E-state index contributed by atoms with van der Waals surface area (Å²) in [4.78, 5) is 44.2. The minimum Gasteiger partial charge on any atom is -0.496 e. The van der Waals surface area contributed by atoms with Crippen molar-refractivity contribution < 1.29 is 63.2 Å². The predicted octanol–water partition coefficient (Wildman–Crippen LogP) is 4.43. The number of ether oxygens (including phenoxy) is 6. The fourth-order valence-corrected chi connectivity index (χ4v) is 9.75. The van der Waals surface area contributed by atoms with Gasteiger partial charge in [-0.15, -0.1) is 0 Å². The largest absolute Gasteiger partial charge is 0.496 e. The number of esters is 1. The number of aliphatic hydroxyl groups excluding tert-OH is 3. The molecule has 15 heteroatoms. The van der Waals surface area contributed by atoms with E-state index in [-0.39, 0.29) is 69.1 Å². The van der Waals surface area contributed by atoms with E-state index in [9.17, 15) is 40.2 Å². The fraction of sp³-hybridized carbons (Fsp3) is 0.783. The van der Waals surface area contributed by atoms with Crippen LogP contribution in [0.25, 0.3) is 0 Å². The number of ketones is 1. The molecule has 1 aliphatic carbocycles. The van der Waals surface area contributed by atoms with Crippen molar-refractivity contribution in [3.8, 4) is 0 Å². The second-order valence-corrected chi connectivity index (χ2v) is 18.1. The van der Waals surface area contributed by atoms with Crippen LogP contribution in [0.3, 0.4) is 0 Å². The smallest absolute Gasteiger partial charge is 0.329 e. The lowest BCUT2D eigenvalue weighted by Gasteiger charge is -2.47. The van der Waals surface area contributed by atoms with E-state index in [0.29, 0.717) is 56.3 Å². The molecular formula is C46H74N2O13. The number of nitrogens with zero attached hydrogens (tertiary/aromatic N) is 1. The summed E-state index contributed by atoms with van der Waals surface area (Å²) in [5.41, 5.74) is 1.82. The molecular weight excluding hydrogens is 789 g/mol. The minimum absolute atomic E-state index is 0.0186. The molecule has 3 aliphatic heterocycles. The van der Waals surface area contributed by atoms with Gasteiger partial charge in [-0.2, -0.15) is 0 Å². The molecule has 2 saturated heterocycles. The molecule has 2 bridgehead atoms. The first-order chi connectivity index (χ1) is 28.9. The predicted molar refractivity (Wildman–Crippen MR) is 227 cm³/mol. The molecule has 0 aromatic heterocycles. The lowest BCUT2D eigenvalue weighted by molar-refractivity contribution is -0.302. The molecule has 4 rings (SSSR count). The van der Waals surface area contributed by atoms with Crippen LogP contribution in [0.1, 0.15) is 105 Å². The third-order valence-electron chi connectivity index (χ3n) is 13.4. The Labute approximate surface area is 362 Å². The SMILES string of the molecule is C=C(C[C@@H]1/C=C(\C)C[C@H](C)C[C@H](OC)[C@H]2O[C@@](O)(C(=O)C(=O)N3CCCC[C@H]3C(=O)O[C@H](/C(C)=C/[C@@H]3CC[C@@H](O)[C@H](OC)C3)[C@H](C)[C@@H](O)CC1=N)[C@H](C)C[C@@H]2OC)OCCO. The van der Waals surface area contributed by atoms with Crippen LogP contribution in [-0.4, -0.2) is 144 Å². The molecule has 1 amide bonds. The lowest BCUT2D eigenvalue weighted by Crippen LogP contribution is -2.64. The van der Waals surface area contributed by atoms with Gasteiger partial charge in [-0.25, -0.2) is 4.79 Å². The standard InChI is InChI=1S/C46H74N2O13/c1-26-18-27(2)20-39(57-8)42-40(58-9)22-29(4)46(55,61-42)43(52)44(53)48-15-11-10-12-35(48)45(54)60-41(28(3)21-32-13-14-36(50)38(24-32)56-7)31(6)37(51)25-34(47)33(19-26)23-30(5)59-17-16-49/h19,21,27,29,31-33,35-42,47,49-51,55H,5,10-18,20,22-25H2,1-4,6-9H3/b26-19+,28-21+,47-34?/t27-,29+,31+,32-,33-,35-,36+,37-,38+,39-,40-,41+,42+,46+/m0/s1. The Morgan fingerprint density at radius 2 is 1.64 bits per heavy atom. The number of amides is 1. The van der Waals surface area contributed by atoms with Crippen molar-refractivity contribution in [1.29, 1.82) is 5.41 Å². The molecule has 4 aliphatic rings. The van der Waals surface area contributed by atoms with Crippen LogP contribution in [0.2, 0.25) is 0 Å². The average Bonchev–Trinajstić information content (AvgIpc) is 3.23. The monoisotopic (exact) mass is 863 g/mol. The quantitative estimate of drug-likeness (QED) is 0.0892. The Morgan fingerprint density at radius 3 is 2.30 bits per heavy atom. The van der Waals surface area contributed by atoms with E-state index < -0.39 is 83.9 Å². The zero-order valence-electron chi connectivity index (χ0n) is 37.7. The summed E-state index contributed by atoms with van der Waals surface area (Å²) in [6.45, 7) is 13.2. The maximum absolute atomic E-state index is 14.4. The van der Waals surface area contributed by atoms with Crippen molar-refractivity contribution in [2.45, 2.75) is 160 Å². The van der Waals surface area contributed by atoms with Gasteiger partial charge < -0.3 is 59.2 Å². The number of carbonyl (C=O) groups is 3. The second-order valence-electron chi connectivity index (χ2n) is 18.1. The highest BCUT2D eigenvalue weighted by molar-refractivity contribution is 6.39. The number of nitrogens with one attached hydrogen (secondary N) is 1. The Hall–Kier alpha value is -3.02. The highest BCUT2D eigenvalue weighted by Crippen LogP contribution is 2.39. The van der Waals surface area contributed by atoms with Gasteiger partial charge >= 0.3 is 5.97 Å². The summed E-state index contributed by atoms with van der Waals surface area (Å²) in [7, 11) is 4.60. The summed E-state index contributed by atoms with van der Waals surface area (Å²) < 4.78 is 35.5. The third-order valence-corrected chi connectivity index (χ3v) is 13.4. The van der Waals surface area contributed by atoms with Crippen molar-refractivity contribution >= 4 is 23.4 Å². The Kier molecular flexibility index (Phi) is 19.1. The van der Waals surface area contributed by atoms with Crippen LogP contribution in [0, 0.1) is 35.0 Å². The van der Waals surface area contributed by atoms with E-state index in [4.69, 9.17) is 28.4 Å². The number of hydrogen-bond donors (Lipinski definition) is 5. The van der Waals surface area contributed by atoms with Crippen molar-refractivity contribution in [3.05, 3.63) is 35.6 Å². The van der Waals surface area contributed by atoms with E-state index in [0.717, 1.165) is 5.57 Å². The van der Waals surface area contributed by atoms with Gasteiger partial charge in [0, 0.05) is 64.2 Å². The third kappa shape index (κ3) is 12.8. The molecule has 14 atom stereocenters. The van der Waals surface area contributed by atoms with Crippen LogP contribution in [-0.2, 0) is 42.8 Å². The summed E-state index contributed by atoms with van der Waals surface area (Å²) in [6, 6.07) is -1.15. The Morgan fingerprint density at radius 1 is 0.967 bits per heavy atom. The van der Waals surface area contributed by atoms with Gasteiger partial charge in [0.15, 0.2) is 0 Å². The number of hydrogen-bond acceptors (Lipinski definition) is 14. The number of methoxy groups -OCH3 is 3. The van der Waals surface area contributed by atoms with Gasteiger partial charge in [-0.3, -0.25) is 9.59 Å². The number of carbonyl (C=O) groups excluding carboxylic acids is 3. The number of Topliss-reactive ketones (excluding diaryl/α,β-unsaturated/α-hetero) is 1. The zero-order valence-corrected chi connectivity index (χ0v) is 37.7. The van der Waals surface area contributed by atoms with Crippen molar-refractivity contribution in [2.24, 2.45) is 29.6 Å². The molecule has 0 spiro atoms. The number of aliphatic hydroxyl groups is 4. The molecule has 0 unspecified atom stereocenters. The van der Waals surface area contributed by atoms with Crippen molar-refractivity contribution in [3.63, 3.8) is 0 Å². The van der Waals surface area contributed by atoms with Crippen LogP contribution >= 0.6 is 0 Å². The molecule has 15 nitrogen and oxygen atoms in total.